The van der Waals surface area contributed by atoms with Crippen LogP contribution in [-0.4, -0.2) is 0 Å². The Hall–Kier alpha value is -3.12. The smallest absolute Gasteiger partial charge is 0.0159 e. The molecular weight excluding hydrogens is 432 g/mol. The van der Waals surface area contributed by atoms with Crippen LogP contribution in [0.1, 0.15) is 83.2 Å². The Labute approximate surface area is 218 Å². The Morgan fingerprint density at radius 2 is 1.00 bits per heavy atom. The highest BCUT2D eigenvalue weighted by molar-refractivity contribution is 5.93. The van der Waals surface area contributed by atoms with Gasteiger partial charge in [0.25, 0.3) is 0 Å². The molecule has 0 spiro atoms. The summed E-state index contributed by atoms with van der Waals surface area (Å²) in [5, 5.41) is 0. The van der Waals surface area contributed by atoms with E-state index in [9.17, 15) is 0 Å². The molecular formula is C36H40. The molecule has 0 aromatic heterocycles. The van der Waals surface area contributed by atoms with Crippen molar-refractivity contribution in [2.24, 2.45) is 0 Å². The largest absolute Gasteiger partial charge is 0.0587 e. The second kappa shape index (κ2) is 8.20. The van der Waals surface area contributed by atoms with E-state index in [1.54, 1.807) is 0 Å². The van der Waals surface area contributed by atoms with Crippen LogP contribution in [0.15, 0.2) is 78.9 Å². The van der Waals surface area contributed by atoms with E-state index in [-0.39, 0.29) is 16.2 Å². The summed E-state index contributed by atoms with van der Waals surface area (Å²) in [5.41, 5.74) is 15.1. The van der Waals surface area contributed by atoms with Crippen LogP contribution in [0.2, 0.25) is 0 Å². The van der Waals surface area contributed by atoms with Gasteiger partial charge < -0.3 is 0 Å². The van der Waals surface area contributed by atoms with Gasteiger partial charge in [0, 0.05) is 5.41 Å². The summed E-state index contributed by atoms with van der Waals surface area (Å²) in [5.74, 6) is 0. The van der Waals surface area contributed by atoms with Crippen molar-refractivity contribution >= 4 is 0 Å². The molecule has 4 aromatic carbocycles. The molecule has 0 heteroatoms. The van der Waals surface area contributed by atoms with Crippen molar-refractivity contribution in [2.75, 3.05) is 0 Å². The maximum Gasteiger partial charge on any atom is 0.0159 e. The van der Waals surface area contributed by atoms with Gasteiger partial charge in [-0.15, -0.1) is 0 Å². The summed E-state index contributed by atoms with van der Waals surface area (Å²) in [6, 6.07) is 30.1. The molecule has 0 unspecified atom stereocenters. The first-order valence-corrected chi connectivity index (χ1v) is 13.3. The van der Waals surface area contributed by atoms with E-state index in [4.69, 9.17) is 0 Å². The van der Waals surface area contributed by atoms with Gasteiger partial charge in [0.2, 0.25) is 0 Å². The Bertz CT molecular complexity index is 1430. The third kappa shape index (κ3) is 4.11. The van der Waals surface area contributed by atoms with E-state index in [0.29, 0.717) is 0 Å². The molecule has 184 valence electrons. The molecule has 36 heavy (non-hydrogen) atoms. The van der Waals surface area contributed by atoms with Crippen LogP contribution < -0.4 is 0 Å². The second-order valence-electron chi connectivity index (χ2n) is 13.3. The fraction of sp³-hybridized carbons (Fsp3) is 0.333. The molecule has 1 aliphatic carbocycles. The summed E-state index contributed by atoms with van der Waals surface area (Å²) < 4.78 is 0. The number of rotatable bonds is 2. The molecule has 0 amide bonds. The maximum atomic E-state index is 2.48. The van der Waals surface area contributed by atoms with Crippen molar-refractivity contribution in [3.8, 4) is 33.4 Å². The zero-order valence-electron chi connectivity index (χ0n) is 23.5. The average Bonchev–Trinajstić information content (AvgIpc) is 3.05. The van der Waals surface area contributed by atoms with Gasteiger partial charge in [-0.3, -0.25) is 0 Å². The SMILES string of the molecule is Cc1ccc(-c2ccc(-c3cc(C(C)(C)C)cc4c3-c3ccc(C(C)(C)C)cc3C4(C)C)cc2)cc1. The minimum Gasteiger partial charge on any atom is -0.0587 e. The molecule has 0 aliphatic heterocycles. The molecule has 0 atom stereocenters. The molecule has 0 N–H and O–H groups in total. The standard InChI is InChI=1S/C36H40/c1-23-10-12-24(13-11-23)25-14-16-26(17-15-25)30-20-28(35(5,6)7)22-32-33(30)29-19-18-27(34(2,3)4)21-31(29)36(32,8)9/h10-22H,1-9H3. The first-order valence-electron chi connectivity index (χ1n) is 13.3. The first kappa shape index (κ1) is 24.6. The van der Waals surface area contributed by atoms with Gasteiger partial charge in [-0.2, -0.15) is 0 Å². The molecule has 0 bridgehead atoms. The van der Waals surface area contributed by atoms with Crippen LogP contribution in [0.3, 0.4) is 0 Å². The van der Waals surface area contributed by atoms with Crippen molar-refractivity contribution < 1.29 is 0 Å². The maximum absolute atomic E-state index is 2.48. The molecule has 1 aliphatic rings. The van der Waals surface area contributed by atoms with Crippen LogP contribution in [0, 0.1) is 6.92 Å². The van der Waals surface area contributed by atoms with Crippen molar-refractivity contribution in [2.45, 2.75) is 78.6 Å². The van der Waals surface area contributed by atoms with Crippen molar-refractivity contribution in [1.82, 2.24) is 0 Å². The van der Waals surface area contributed by atoms with Crippen molar-refractivity contribution in [3.05, 3.63) is 107 Å². The van der Waals surface area contributed by atoms with E-state index in [1.807, 2.05) is 0 Å². The monoisotopic (exact) mass is 472 g/mol. The minimum absolute atomic E-state index is 0.0379. The van der Waals surface area contributed by atoms with Gasteiger partial charge in [0.1, 0.15) is 0 Å². The molecule has 0 saturated heterocycles. The van der Waals surface area contributed by atoms with E-state index in [2.05, 4.69) is 141 Å². The van der Waals surface area contributed by atoms with Crippen molar-refractivity contribution in [3.63, 3.8) is 0 Å². The van der Waals surface area contributed by atoms with Crippen LogP contribution in [0.5, 0.6) is 0 Å². The Morgan fingerprint density at radius 3 is 1.56 bits per heavy atom. The van der Waals surface area contributed by atoms with Crippen LogP contribution in [-0.2, 0) is 16.2 Å². The van der Waals surface area contributed by atoms with Gasteiger partial charge >= 0.3 is 0 Å². The highest BCUT2D eigenvalue weighted by atomic mass is 14.4. The normalized spacial score (nSPS) is 14.5. The number of fused-ring (bicyclic) bond motifs is 3. The highest BCUT2D eigenvalue weighted by Gasteiger charge is 2.39. The van der Waals surface area contributed by atoms with Crippen molar-refractivity contribution in [1.29, 1.82) is 0 Å². The Morgan fingerprint density at radius 1 is 0.500 bits per heavy atom. The molecule has 5 rings (SSSR count). The zero-order chi connectivity index (χ0) is 26.0. The molecule has 0 saturated carbocycles. The van der Waals surface area contributed by atoms with Crippen LogP contribution in [0.25, 0.3) is 33.4 Å². The van der Waals surface area contributed by atoms with Crippen LogP contribution >= 0.6 is 0 Å². The zero-order valence-corrected chi connectivity index (χ0v) is 23.5. The van der Waals surface area contributed by atoms with E-state index < -0.39 is 0 Å². The summed E-state index contributed by atoms with van der Waals surface area (Å²) in [4.78, 5) is 0. The fourth-order valence-electron chi connectivity index (χ4n) is 5.57. The van der Waals surface area contributed by atoms with Gasteiger partial charge in [0.15, 0.2) is 0 Å². The number of hydrogen-bond donors (Lipinski definition) is 0. The molecule has 0 nitrogen and oxygen atoms in total. The van der Waals surface area contributed by atoms with E-state index in [0.717, 1.165) is 0 Å². The van der Waals surface area contributed by atoms with E-state index >= 15 is 0 Å². The van der Waals surface area contributed by atoms with E-state index in [1.165, 1.54) is 61.2 Å². The highest BCUT2D eigenvalue weighted by Crippen LogP contribution is 2.54. The lowest BCUT2D eigenvalue weighted by Gasteiger charge is -2.27. The topological polar surface area (TPSA) is 0 Å². The minimum atomic E-state index is -0.0379. The predicted octanol–water partition coefficient (Wildman–Crippen LogP) is 10.2. The Balaban J connectivity index is 1.72. The summed E-state index contributed by atoms with van der Waals surface area (Å²) >= 11 is 0. The third-order valence-corrected chi connectivity index (χ3v) is 8.09. The number of benzene rings is 4. The van der Waals surface area contributed by atoms with Gasteiger partial charge in [-0.25, -0.2) is 0 Å². The van der Waals surface area contributed by atoms with Gasteiger partial charge in [-0.05, 0) is 79.5 Å². The van der Waals surface area contributed by atoms with Gasteiger partial charge in [0.05, 0.1) is 0 Å². The molecule has 0 radical (unpaired) electrons. The first-order chi connectivity index (χ1) is 16.8. The fourth-order valence-corrected chi connectivity index (χ4v) is 5.57. The summed E-state index contributed by atoms with van der Waals surface area (Å²) in [6.45, 7) is 20.8. The molecule has 4 aromatic rings. The average molecular weight is 473 g/mol. The number of hydrogen-bond acceptors (Lipinski definition) is 0. The quantitative estimate of drug-likeness (QED) is 0.272. The lowest BCUT2D eigenvalue weighted by molar-refractivity contribution is 0.580. The predicted molar refractivity (Wildman–Crippen MR) is 157 cm³/mol. The lowest BCUT2D eigenvalue weighted by atomic mass is 9.76. The summed E-state index contributed by atoms with van der Waals surface area (Å²) in [7, 11) is 0. The molecule has 0 heterocycles. The van der Waals surface area contributed by atoms with Crippen LogP contribution in [0.4, 0.5) is 0 Å². The Kier molecular flexibility index (Phi) is 5.60. The number of aryl methyl sites for hydroxylation is 1. The second-order valence-corrected chi connectivity index (χ2v) is 13.3. The third-order valence-electron chi connectivity index (χ3n) is 8.09. The lowest BCUT2D eigenvalue weighted by Crippen LogP contribution is -2.19. The summed E-state index contributed by atoms with van der Waals surface area (Å²) in [6.07, 6.45) is 0. The van der Waals surface area contributed by atoms with Gasteiger partial charge in [-0.1, -0.05) is 134 Å². The molecule has 0 fully saturated rings.